The van der Waals surface area contributed by atoms with E-state index >= 15 is 0 Å². The van der Waals surface area contributed by atoms with E-state index in [2.05, 4.69) is 11.1 Å². The molecule has 0 saturated heterocycles. The summed E-state index contributed by atoms with van der Waals surface area (Å²) in [6.45, 7) is 4.68. The fourth-order valence-electron chi connectivity index (χ4n) is 2.84. The molecule has 3 aromatic rings. The molecule has 0 aliphatic carbocycles. The van der Waals surface area contributed by atoms with Gasteiger partial charge in [0.2, 0.25) is 0 Å². The highest BCUT2D eigenvalue weighted by Crippen LogP contribution is 2.24. The molecule has 0 N–H and O–H groups in total. The number of benzene rings is 2. The van der Waals surface area contributed by atoms with Gasteiger partial charge in [0.05, 0.1) is 10.2 Å². The highest BCUT2D eigenvalue weighted by atomic mass is 32.2. The number of carbonyl (C=O) groups is 1. The molecule has 0 bridgehead atoms. The van der Waals surface area contributed by atoms with E-state index in [1.165, 1.54) is 17.4 Å². The van der Waals surface area contributed by atoms with Crippen molar-refractivity contribution >= 4 is 39.2 Å². The lowest BCUT2D eigenvalue weighted by molar-refractivity contribution is 0.0990. The first-order chi connectivity index (χ1) is 12.4. The van der Waals surface area contributed by atoms with E-state index < -0.39 is 23.1 Å². The molecule has 2 aromatic carbocycles. The van der Waals surface area contributed by atoms with Gasteiger partial charge in [0.1, 0.15) is 17.2 Å². The molecule has 0 fully saturated rings. The third kappa shape index (κ3) is 3.59. The first-order valence-electron chi connectivity index (χ1n) is 8.05. The fraction of sp³-hybridized carbons (Fsp3) is 0.263. The third-order valence-electron chi connectivity index (χ3n) is 4.01. The third-order valence-corrected chi connectivity index (χ3v) is 5.83. The molecule has 136 valence electrons. The van der Waals surface area contributed by atoms with Crippen molar-refractivity contribution in [1.82, 2.24) is 4.57 Å². The van der Waals surface area contributed by atoms with Crippen LogP contribution in [0.3, 0.4) is 0 Å². The molecule has 1 amide bonds. The van der Waals surface area contributed by atoms with Crippen LogP contribution in [-0.2, 0) is 6.54 Å². The molecule has 0 spiro atoms. The Morgan fingerprint density at radius 3 is 2.58 bits per heavy atom. The van der Waals surface area contributed by atoms with Crippen LogP contribution in [0.1, 0.15) is 21.5 Å². The predicted molar refractivity (Wildman–Crippen MR) is 104 cm³/mol. The second kappa shape index (κ2) is 7.72. The van der Waals surface area contributed by atoms with Gasteiger partial charge in [-0.05, 0) is 49.4 Å². The molecule has 7 heteroatoms. The molecule has 3 rings (SSSR count). The zero-order valence-electron chi connectivity index (χ0n) is 14.7. The molecule has 0 saturated carbocycles. The number of thioether (sulfide) groups is 1. The average Bonchev–Trinajstić information content (AvgIpc) is 2.90. The van der Waals surface area contributed by atoms with Crippen LogP contribution in [0.5, 0.6) is 0 Å². The summed E-state index contributed by atoms with van der Waals surface area (Å²) in [5.74, 6) is -1.86. The summed E-state index contributed by atoms with van der Waals surface area (Å²) in [4.78, 5) is 17.0. The number of thiazole rings is 1. The second-order valence-corrected chi connectivity index (χ2v) is 7.94. The molecule has 26 heavy (non-hydrogen) atoms. The molecule has 1 heterocycles. The molecule has 0 atom stereocenters. The lowest BCUT2D eigenvalue weighted by atomic mass is 10.1. The predicted octanol–water partition coefficient (Wildman–Crippen LogP) is 4.70. The number of hydrogen-bond acceptors (Lipinski definition) is 3. The van der Waals surface area contributed by atoms with Gasteiger partial charge in [-0.15, -0.1) is 0 Å². The van der Waals surface area contributed by atoms with Gasteiger partial charge in [-0.2, -0.15) is 16.8 Å². The summed E-state index contributed by atoms with van der Waals surface area (Å²) >= 11 is 3.05. The van der Waals surface area contributed by atoms with E-state index in [0.717, 1.165) is 39.2 Å². The minimum Gasteiger partial charge on any atom is -0.315 e. The van der Waals surface area contributed by atoms with Crippen molar-refractivity contribution in [3.8, 4) is 0 Å². The van der Waals surface area contributed by atoms with Crippen LogP contribution in [0.2, 0.25) is 0 Å². The van der Waals surface area contributed by atoms with Crippen molar-refractivity contribution < 1.29 is 13.6 Å². The minimum atomic E-state index is -0.903. The number of nitrogens with zero attached hydrogens (tertiary/aromatic N) is 2. The van der Waals surface area contributed by atoms with Crippen LogP contribution < -0.4 is 4.80 Å². The SMILES string of the molecule is CSCCn1c(=NC(=O)c2c(F)cccc2F)sc2c(C)cc(C)cc21. The summed E-state index contributed by atoms with van der Waals surface area (Å²) in [6, 6.07) is 7.47. The molecule has 1 aromatic heterocycles. The van der Waals surface area contributed by atoms with Crippen LogP contribution >= 0.6 is 23.1 Å². The van der Waals surface area contributed by atoms with Crippen molar-refractivity contribution in [3.63, 3.8) is 0 Å². The van der Waals surface area contributed by atoms with E-state index in [0.29, 0.717) is 11.3 Å². The Balaban J connectivity index is 2.21. The normalized spacial score (nSPS) is 12.1. The number of carbonyl (C=O) groups excluding carboxylic acids is 1. The number of amides is 1. The number of hydrogen-bond donors (Lipinski definition) is 0. The highest BCUT2D eigenvalue weighted by molar-refractivity contribution is 7.98. The standard InChI is InChI=1S/C19H18F2N2OS2/c1-11-9-12(2)17-15(10-11)23(7-8-25-3)19(26-17)22-18(24)16-13(20)5-4-6-14(16)21/h4-6,9-10H,7-8H2,1-3H3. The van der Waals surface area contributed by atoms with Gasteiger partial charge in [-0.3, -0.25) is 4.79 Å². The highest BCUT2D eigenvalue weighted by Gasteiger charge is 2.17. The van der Waals surface area contributed by atoms with Gasteiger partial charge in [-0.25, -0.2) is 8.78 Å². The molecular formula is C19H18F2N2OS2. The summed E-state index contributed by atoms with van der Waals surface area (Å²) < 4.78 is 30.8. The number of halogens is 2. The van der Waals surface area contributed by atoms with Crippen molar-refractivity contribution in [3.05, 3.63) is 63.5 Å². The van der Waals surface area contributed by atoms with Crippen molar-refractivity contribution in [2.24, 2.45) is 4.99 Å². The van der Waals surface area contributed by atoms with Gasteiger partial charge in [0.25, 0.3) is 5.91 Å². The van der Waals surface area contributed by atoms with Gasteiger partial charge in [0.15, 0.2) is 4.80 Å². The Kier molecular flexibility index (Phi) is 5.58. The Hall–Kier alpha value is -1.99. The average molecular weight is 392 g/mol. The van der Waals surface area contributed by atoms with Gasteiger partial charge in [-0.1, -0.05) is 23.5 Å². The first kappa shape index (κ1) is 18.8. The number of aryl methyl sites for hydroxylation is 3. The Labute approximate surface area is 158 Å². The first-order valence-corrected chi connectivity index (χ1v) is 10.3. The number of rotatable bonds is 4. The van der Waals surface area contributed by atoms with Crippen molar-refractivity contribution in [2.45, 2.75) is 20.4 Å². The monoisotopic (exact) mass is 392 g/mol. The zero-order chi connectivity index (χ0) is 18.8. The Bertz CT molecular complexity index is 1030. The van der Waals surface area contributed by atoms with Crippen LogP contribution in [0.4, 0.5) is 8.78 Å². The maximum atomic E-state index is 13.9. The smallest absolute Gasteiger partial charge is 0.285 e. The summed E-state index contributed by atoms with van der Waals surface area (Å²) in [7, 11) is 0. The maximum absolute atomic E-state index is 13.9. The molecule has 3 nitrogen and oxygen atoms in total. The Morgan fingerprint density at radius 1 is 1.23 bits per heavy atom. The molecule has 0 aliphatic heterocycles. The summed E-state index contributed by atoms with van der Waals surface area (Å²) in [5, 5.41) is 0. The topological polar surface area (TPSA) is 34.4 Å². The van der Waals surface area contributed by atoms with Crippen LogP contribution in [-0.4, -0.2) is 22.5 Å². The lowest BCUT2D eigenvalue weighted by Gasteiger charge is -2.06. The van der Waals surface area contributed by atoms with E-state index in [4.69, 9.17) is 0 Å². The van der Waals surface area contributed by atoms with Crippen molar-refractivity contribution in [1.29, 1.82) is 0 Å². The van der Waals surface area contributed by atoms with Gasteiger partial charge >= 0.3 is 0 Å². The van der Waals surface area contributed by atoms with Crippen LogP contribution in [0.25, 0.3) is 10.2 Å². The van der Waals surface area contributed by atoms with Crippen molar-refractivity contribution in [2.75, 3.05) is 12.0 Å². The molecule has 0 aliphatic rings. The molecule has 0 radical (unpaired) electrons. The van der Waals surface area contributed by atoms with E-state index in [9.17, 15) is 13.6 Å². The quantitative estimate of drug-likeness (QED) is 0.645. The second-order valence-electron chi connectivity index (χ2n) is 5.97. The van der Waals surface area contributed by atoms with E-state index in [-0.39, 0.29) is 0 Å². The largest absolute Gasteiger partial charge is 0.315 e. The number of aromatic nitrogens is 1. The zero-order valence-corrected chi connectivity index (χ0v) is 16.3. The Morgan fingerprint density at radius 2 is 1.92 bits per heavy atom. The number of fused-ring (bicyclic) bond motifs is 1. The van der Waals surface area contributed by atoms with E-state index in [1.807, 2.05) is 30.7 Å². The molecular weight excluding hydrogens is 374 g/mol. The van der Waals surface area contributed by atoms with Gasteiger partial charge in [0, 0.05) is 12.3 Å². The van der Waals surface area contributed by atoms with Gasteiger partial charge < -0.3 is 4.57 Å². The molecule has 0 unspecified atom stereocenters. The summed E-state index contributed by atoms with van der Waals surface area (Å²) in [5.41, 5.74) is 2.58. The lowest BCUT2D eigenvalue weighted by Crippen LogP contribution is -2.19. The van der Waals surface area contributed by atoms with Crippen LogP contribution in [0.15, 0.2) is 35.3 Å². The van der Waals surface area contributed by atoms with Crippen LogP contribution in [0, 0.1) is 25.5 Å². The maximum Gasteiger partial charge on any atom is 0.285 e. The summed E-state index contributed by atoms with van der Waals surface area (Å²) in [6.07, 6.45) is 2.00. The minimum absolute atomic E-state index is 0.454. The fourth-order valence-corrected chi connectivity index (χ4v) is 4.31. The van der Waals surface area contributed by atoms with E-state index in [1.54, 1.807) is 11.8 Å².